The molecule has 1 aromatic carbocycles. The van der Waals surface area contributed by atoms with Crippen molar-refractivity contribution in [3.63, 3.8) is 0 Å². The summed E-state index contributed by atoms with van der Waals surface area (Å²) in [5.41, 5.74) is 6.05. The maximum absolute atomic E-state index is 12.6. The second-order valence-corrected chi connectivity index (χ2v) is 3.35. The molecule has 0 fully saturated rings. The fraction of sp³-hybridized carbons (Fsp3) is 0.100. The molecule has 2 aromatic rings. The smallest absolute Gasteiger partial charge is 0.288 e. The highest BCUT2D eigenvalue weighted by Gasteiger charge is 2.09. The van der Waals surface area contributed by atoms with Gasteiger partial charge in [0.15, 0.2) is 0 Å². The molecule has 1 amide bonds. The Morgan fingerprint density at radius 1 is 1.41 bits per heavy atom. The zero-order valence-electron chi connectivity index (χ0n) is 8.77. The van der Waals surface area contributed by atoms with Gasteiger partial charge in [0.25, 0.3) is 5.91 Å². The van der Waals surface area contributed by atoms with Crippen molar-refractivity contribution >= 4 is 11.9 Å². The molecule has 0 saturated heterocycles. The fourth-order valence-corrected chi connectivity index (χ4v) is 1.24. The second-order valence-electron chi connectivity index (χ2n) is 3.35. The van der Waals surface area contributed by atoms with Gasteiger partial charge in [-0.1, -0.05) is 12.1 Å². The second kappa shape index (κ2) is 4.60. The Labute approximate surface area is 96.1 Å². The van der Waals surface area contributed by atoms with Gasteiger partial charge in [-0.25, -0.2) is 4.39 Å². The molecule has 0 spiro atoms. The van der Waals surface area contributed by atoms with Crippen molar-refractivity contribution in [2.24, 2.45) is 0 Å². The number of aromatic nitrogens is 3. The van der Waals surface area contributed by atoms with Crippen LogP contribution in [0.15, 0.2) is 24.3 Å². The van der Waals surface area contributed by atoms with Crippen LogP contribution >= 0.6 is 0 Å². The van der Waals surface area contributed by atoms with E-state index in [1.165, 1.54) is 12.1 Å². The summed E-state index contributed by atoms with van der Waals surface area (Å²) < 4.78 is 12.6. The molecular formula is C10H10FN5O. The van der Waals surface area contributed by atoms with E-state index in [2.05, 4.69) is 20.5 Å². The van der Waals surface area contributed by atoms with Gasteiger partial charge in [0.2, 0.25) is 11.8 Å². The number of benzene rings is 1. The van der Waals surface area contributed by atoms with Crippen molar-refractivity contribution in [3.05, 3.63) is 41.5 Å². The maximum Gasteiger partial charge on any atom is 0.288 e. The quantitative estimate of drug-likeness (QED) is 0.719. The van der Waals surface area contributed by atoms with E-state index in [-0.39, 0.29) is 24.1 Å². The number of amides is 1. The number of carbonyl (C=O) groups is 1. The summed E-state index contributed by atoms with van der Waals surface area (Å²) in [6.45, 7) is 0.277. The lowest BCUT2D eigenvalue weighted by molar-refractivity contribution is 0.0941. The van der Waals surface area contributed by atoms with Gasteiger partial charge in [0.05, 0.1) is 0 Å². The Balaban J connectivity index is 1.94. The number of nitrogens with two attached hydrogens (primary N) is 1. The van der Waals surface area contributed by atoms with Crippen molar-refractivity contribution < 1.29 is 9.18 Å². The third-order valence-electron chi connectivity index (χ3n) is 2.08. The minimum absolute atomic E-state index is 0.0110. The summed E-state index contributed by atoms with van der Waals surface area (Å²) in [5.74, 6) is -0.678. The van der Waals surface area contributed by atoms with Gasteiger partial charge in [-0.05, 0) is 17.7 Å². The highest BCUT2D eigenvalue weighted by atomic mass is 19.1. The SMILES string of the molecule is Nc1n[nH]c(C(=O)NCc2ccc(F)cc2)n1. The van der Waals surface area contributed by atoms with Gasteiger partial charge < -0.3 is 11.1 Å². The van der Waals surface area contributed by atoms with Crippen LogP contribution in [0.5, 0.6) is 0 Å². The van der Waals surface area contributed by atoms with E-state index in [1.54, 1.807) is 12.1 Å². The van der Waals surface area contributed by atoms with Crippen molar-refractivity contribution in [2.45, 2.75) is 6.54 Å². The third-order valence-corrected chi connectivity index (χ3v) is 2.08. The van der Waals surface area contributed by atoms with E-state index in [4.69, 9.17) is 5.73 Å². The van der Waals surface area contributed by atoms with Gasteiger partial charge in [-0.15, -0.1) is 5.10 Å². The Morgan fingerprint density at radius 2 is 2.12 bits per heavy atom. The lowest BCUT2D eigenvalue weighted by atomic mass is 10.2. The summed E-state index contributed by atoms with van der Waals surface area (Å²) in [4.78, 5) is 15.2. The van der Waals surface area contributed by atoms with Crippen LogP contribution in [0.25, 0.3) is 0 Å². The number of H-pyrrole nitrogens is 1. The predicted octanol–water partition coefficient (Wildman–Crippen LogP) is 0.456. The molecule has 0 aliphatic carbocycles. The summed E-state index contributed by atoms with van der Waals surface area (Å²) in [7, 11) is 0. The number of hydrogen-bond donors (Lipinski definition) is 3. The van der Waals surface area contributed by atoms with Crippen molar-refractivity contribution in [1.82, 2.24) is 20.5 Å². The molecule has 0 unspecified atom stereocenters. The summed E-state index contributed by atoms with van der Waals surface area (Å²) in [6, 6.07) is 5.83. The first-order valence-corrected chi connectivity index (χ1v) is 4.85. The number of hydrogen-bond acceptors (Lipinski definition) is 4. The Hall–Kier alpha value is -2.44. The summed E-state index contributed by atoms with van der Waals surface area (Å²) >= 11 is 0. The molecule has 4 N–H and O–H groups in total. The molecule has 17 heavy (non-hydrogen) atoms. The number of nitrogens with zero attached hydrogens (tertiary/aromatic N) is 2. The third kappa shape index (κ3) is 2.77. The summed E-state index contributed by atoms with van der Waals surface area (Å²) in [6.07, 6.45) is 0. The van der Waals surface area contributed by atoms with Crippen molar-refractivity contribution in [3.8, 4) is 0 Å². The molecular weight excluding hydrogens is 225 g/mol. The molecule has 0 aliphatic rings. The van der Waals surface area contributed by atoms with E-state index in [1.807, 2.05) is 0 Å². The molecule has 0 saturated carbocycles. The monoisotopic (exact) mass is 235 g/mol. The Bertz CT molecular complexity index is 522. The maximum atomic E-state index is 12.6. The largest absolute Gasteiger partial charge is 0.366 e. The first-order valence-electron chi connectivity index (χ1n) is 4.85. The van der Waals surface area contributed by atoms with Crippen LogP contribution < -0.4 is 11.1 Å². The average molecular weight is 235 g/mol. The zero-order chi connectivity index (χ0) is 12.3. The lowest BCUT2D eigenvalue weighted by Gasteiger charge is -2.02. The van der Waals surface area contributed by atoms with Crippen LogP contribution in [0, 0.1) is 5.82 Å². The van der Waals surface area contributed by atoms with Crippen molar-refractivity contribution in [1.29, 1.82) is 0 Å². The topological polar surface area (TPSA) is 96.7 Å². The fourth-order valence-electron chi connectivity index (χ4n) is 1.24. The summed E-state index contributed by atoms with van der Waals surface area (Å²) in [5, 5.41) is 8.53. The minimum atomic E-state index is -0.418. The van der Waals surface area contributed by atoms with E-state index >= 15 is 0 Å². The minimum Gasteiger partial charge on any atom is -0.366 e. The van der Waals surface area contributed by atoms with Gasteiger partial charge in [-0.3, -0.25) is 9.89 Å². The standard InChI is InChI=1S/C10H10FN5O/c11-7-3-1-6(2-4-7)5-13-9(17)8-14-10(12)16-15-8/h1-4H,5H2,(H,13,17)(H3,12,14,15,16). The molecule has 2 rings (SSSR count). The number of carbonyl (C=O) groups excluding carboxylic acids is 1. The van der Waals surface area contributed by atoms with Crippen LogP contribution in [0.1, 0.15) is 16.2 Å². The van der Waals surface area contributed by atoms with E-state index in [0.717, 1.165) is 5.56 Å². The molecule has 88 valence electrons. The van der Waals surface area contributed by atoms with Crippen LogP contribution in [0.2, 0.25) is 0 Å². The van der Waals surface area contributed by atoms with E-state index in [0.29, 0.717) is 0 Å². The molecule has 1 aromatic heterocycles. The zero-order valence-corrected chi connectivity index (χ0v) is 8.77. The number of nitrogen functional groups attached to an aromatic ring is 1. The first-order chi connectivity index (χ1) is 8.15. The highest BCUT2D eigenvalue weighted by Crippen LogP contribution is 2.02. The molecule has 6 nitrogen and oxygen atoms in total. The molecule has 7 heteroatoms. The van der Waals surface area contributed by atoms with Crippen LogP contribution in [0.4, 0.5) is 10.3 Å². The number of aromatic amines is 1. The molecule has 0 radical (unpaired) electrons. The molecule has 0 bridgehead atoms. The number of nitrogens with one attached hydrogen (secondary N) is 2. The van der Waals surface area contributed by atoms with Gasteiger partial charge in [0.1, 0.15) is 5.82 Å². The van der Waals surface area contributed by atoms with Gasteiger partial charge >= 0.3 is 0 Å². The Morgan fingerprint density at radius 3 is 2.71 bits per heavy atom. The van der Waals surface area contributed by atoms with Crippen LogP contribution in [-0.4, -0.2) is 21.1 Å². The van der Waals surface area contributed by atoms with Crippen molar-refractivity contribution in [2.75, 3.05) is 5.73 Å². The van der Waals surface area contributed by atoms with E-state index < -0.39 is 5.91 Å². The first kappa shape index (κ1) is 11.1. The highest BCUT2D eigenvalue weighted by molar-refractivity contribution is 5.90. The van der Waals surface area contributed by atoms with E-state index in [9.17, 15) is 9.18 Å². The molecule has 0 aliphatic heterocycles. The molecule has 0 atom stereocenters. The van der Waals surface area contributed by atoms with Crippen LogP contribution in [-0.2, 0) is 6.54 Å². The lowest BCUT2D eigenvalue weighted by Crippen LogP contribution is -2.24. The molecule has 1 heterocycles. The Kier molecular flexibility index (Phi) is 2.99. The average Bonchev–Trinajstić information content (AvgIpc) is 2.75. The van der Waals surface area contributed by atoms with Gasteiger partial charge in [-0.2, -0.15) is 4.98 Å². The van der Waals surface area contributed by atoms with Gasteiger partial charge in [0, 0.05) is 6.54 Å². The normalized spacial score (nSPS) is 10.2. The number of rotatable bonds is 3. The predicted molar refractivity (Wildman–Crippen MR) is 58.4 cm³/mol. The van der Waals surface area contributed by atoms with Crippen LogP contribution in [0.3, 0.4) is 0 Å². The number of anilines is 1. The number of halogens is 1.